The Morgan fingerprint density at radius 1 is 1.07 bits per heavy atom. The van der Waals surface area contributed by atoms with E-state index in [4.69, 9.17) is 10.5 Å². The molecular weight excluding hydrogens is 338 g/mol. The summed E-state index contributed by atoms with van der Waals surface area (Å²) in [7, 11) is 0. The summed E-state index contributed by atoms with van der Waals surface area (Å²) in [5.41, 5.74) is 9.66. The zero-order chi connectivity index (χ0) is 19.1. The second kappa shape index (κ2) is 9.65. The van der Waals surface area contributed by atoms with E-state index in [2.05, 4.69) is 28.4 Å². The molecule has 3 N–H and O–H groups in total. The van der Waals surface area contributed by atoms with Gasteiger partial charge in [-0.3, -0.25) is 9.69 Å². The molecule has 3 rings (SSSR count). The summed E-state index contributed by atoms with van der Waals surface area (Å²) in [5, 5.41) is 3.06. The third kappa shape index (κ3) is 5.39. The minimum Gasteiger partial charge on any atom is -0.379 e. The molecule has 27 heavy (non-hydrogen) atoms. The Kier molecular flexibility index (Phi) is 6.98. The van der Waals surface area contributed by atoms with Crippen LogP contribution in [0.5, 0.6) is 0 Å². The summed E-state index contributed by atoms with van der Waals surface area (Å²) in [6.45, 7) is 6.75. The zero-order valence-electron chi connectivity index (χ0n) is 15.9. The molecule has 1 fully saturated rings. The van der Waals surface area contributed by atoms with Gasteiger partial charge in [0.1, 0.15) is 0 Å². The van der Waals surface area contributed by atoms with Crippen molar-refractivity contribution < 1.29 is 9.53 Å². The monoisotopic (exact) mass is 367 g/mol. The van der Waals surface area contributed by atoms with Gasteiger partial charge in [0.15, 0.2) is 0 Å². The number of morpholine rings is 1. The Bertz CT molecular complexity index is 729. The maximum absolute atomic E-state index is 12.6. The lowest BCUT2D eigenvalue weighted by molar-refractivity contribution is -0.125. The summed E-state index contributed by atoms with van der Waals surface area (Å²) in [6, 6.07) is 17.7. The number of hydrogen-bond donors (Lipinski definition) is 2. The number of nitrogens with two attached hydrogens (primary N) is 1. The van der Waals surface area contributed by atoms with E-state index in [1.807, 2.05) is 43.3 Å². The van der Waals surface area contributed by atoms with Crippen molar-refractivity contribution in [1.29, 1.82) is 0 Å². The predicted octanol–water partition coefficient (Wildman–Crippen LogP) is 2.47. The molecule has 1 heterocycles. The molecule has 0 bridgehead atoms. The van der Waals surface area contributed by atoms with Gasteiger partial charge in [-0.2, -0.15) is 0 Å². The quantitative estimate of drug-likeness (QED) is 0.789. The van der Waals surface area contributed by atoms with Gasteiger partial charge in [0, 0.05) is 32.2 Å². The van der Waals surface area contributed by atoms with Crippen molar-refractivity contribution in [3.05, 3.63) is 71.3 Å². The maximum Gasteiger partial charge on any atom is 0.225 e. The lowest BCUT2D eigenvalue weighted by Crippen LogP contribution is -2.37. The van der Waals surface area contributed by atoms with E-state index < -0.39 is 0 Å². The van der Waals surface area contributed by atoms with Crippen LogP contribution in [-0.4, -0.2) is 37.1 Å². The highest BCUT2D eigenvalue weighted by atomic mass is 16.5. The lowest BCUT2D eigenvalue weighted by atomic mass is 9.94. The third-order valence-corrected chi connectivity index (χ3v) is 5.21. The molecule has 1 saturated heterocycles. The van der Waals surface area contributed by atoms with Crippen LogP contribution < -0.4 is 11.1 Å². The zero-order valence-corrected chi connectivity index (χ0v) is 15.9. The second-order valence-electron chi connectivity index (χ2n) is 7.10. The van der Waals surface area contributed by atoms with E-state index in [1.54, 1.807) is 0 Å². The Balaban J connectivity index is 1.58. The first kappa shape index (κ1) is 19.5. The fourth-order valence-electron chi connectivity index (χ4n) is 3.35. The van der Waals surface area contributed by atoms with E-state index in [9.17, 15) is 4.79 Å². The molecule has 1 amide bonds. The first-order chi connectivity index (χ1) is 13.1. The van der Waals surface area contributed by atoms with Gasteiger partial charge in [0.2, 0.25) is 5.91 Å². The van der Waals surface area contributed by atoms with Crippen molar-refractivity contribution >= 4 is 5.91 Å². The number of carbonyl (C=O) groups excluding carboxylic acids is 1. The highest BCUT2D eigenvalue weighted by Gasteiger charge is 2.22. The van der Waals surface area contributed by atoms with Crippen LogP contribution in [0.25, 0.3) is 0 Å². The molecule has 0 aliphatic carbocycles. The van der Waals surface area contributed by atoms with Crippen molar-refractivity contribution in [2.75, 3.05) is 26.3 Å². The normalized spacial score (nSPS) is 17.3. The summed E-state index contributed by atoms with van der Waals surface area (Å²) in [6.07, 6.45) is 0. The van der Waals surface area contributed by atoms with Crippen molar-refractivity contribution in [2.45, 2.75) is 26.1 Å². The number of hydrogen-bond acceptors (Lipinski definition) is 4. The molecule has 2 unspecified atom stereocenters. The predicted molar refractivity (Wildman–Crippen MR) is 107 cm³/mol. The Morgan fingerprint density at radius 3 is 2.41 bits per heavy atom. The van der Waals surface area contributed by atoms with Crippen LogP contribution >= 0.6 is 0 Å². The van der Waals surface area contributed by atoms with Crippen molar-refractivity contribution in [2.24, 2.45) is 11.7 Å². The average Bonchev–Trinajstić information content (AvgIpc) is 2.73. The summed E-state index contributed by atoms with van der Waals surface area (Å²) < 4.78 is 5.42. The number of benzene rings is 2. The molecule has 0 radical (unpaired) electrons. The van der Waals surface area contributed by atoms with E-state index in [-0.39, 0.29) is 17.9 Å². The van der Waals surface area contributed by atoms with Gasteiger partial charge in [0.05, 0.1) is 19.1 Å². The summed E-state index contributed by atoms with van der Waals surface area (Å²) in [5.74, 6) is -0.314. The number of carbonyl (C=O) groups is 1. The van der Waals surface area contributed by atoms with Gasteiger partial charge in [-0.25, -0.2) is 0 Å². The van der Waals surface area contributed by atoms with E-state index in [0.29, 0.717) is 6.54 Å². The molecule has 0 saturated carbocycles. The molecule has 1 aliphatic rings. The van der Waals surface area contributed by atoms with Gasteiger partial charge in [-0.1, -0.05) is 61.5 Å². The highest BCUT2D eigenvalue weighted by Crippen LogP contribution is 2.19. The first-order valence-corrected chi connectivity index (χ1v) is 9.60. The van der Waals surface area contributed by atoms with Crippen LogP contribution in [0.1, 0.15) is 29.7 Å². The van der Waals surface area contributed by atoms with Gasteiger partial charge < -0.3 is 15.8 Å². The molecular formula is C22H29N3O2. The summed E-state index contributed by atoms with van der Waals surface area (Å²) in [4.78, 5) is 15.0. The molecule has 2 atom stereocenters. The molecule has 5 heteroatoms. The standard InChI is InChI=1S/C22H29N3O2/c1-17(21(23)18-7-3-2-4-8-18)22(26)24-15-19-9-5-6-10-20(19)16-25-11-13-27-14-12-25/h2-10,17,21H,11-16,23H2,1H3,(H,24,26). The molecule has 0 aromatic heterocycles. The third-order valence-electron chi connectivity index (χ3n) is 5.21. The fourth-order valence-corrected chi connectivity index (χ4v) is 3.35. The minimum atomic E-state index is -0.310. The fraction of sp³-hybridized carbons (Fsp3) is 0.409. The Labute approximate surface area is 161 Å². The Hall–Kier alpha value is -2.21. The number of nitrogens with one attached hydrogen (secondary N) is 1. The van der Waals surface area contributed by atoms with Crippen LogP contribution in [0.3, 0.4) is 0 Å². The average molecular weight is 367 g/mol. The molecule has 144 valence electrons. The first-order valence-electron chi connectivity index (χ1n) is 9.60. The van der Waals surface area contributed by atoms with Crippen molar-refractivity contribution in [1.82, 2.24) is 10.2 Å². The van der Waals surface area contributed by atoms with E-state index >= 15 is 0 Å². The van der Waals surface area contributed by atoms with E-state index in [1.165, 1.54) is 5.56 Å². The van der Waals surface area contributed by atoms with Crippen LogP contribution in [-0.2, 0) is 22.6 Å². The smallest absolute Gasteiger partial charge is 0.225 e. The maximum atomic E-state index is 12.6. The van der Waals surface area contributed by atoms with Gasteiger partial charge >= 0.3 is 0 Å². The van der Waals surface area contributed by atoms with Gasteiger partial charge in [-0.15, -0.1) is 0 Å². The van der Waals surface area contributed by atoms with Crippen molar-refractivity contribution in [3.8, 4) is 0 Å². The van der Waals surface area contributed by atoms with Gasteiger partial charge in [-0.05, 0) is 16.7 Å². The summed E-state index contributed by atoms with van der Waals surface area (Å²) >= 11 is 0. The lowest BCUT2D eigenvalue weighted by Gasteiger charge is -2.27. The minimum absolute atomic E-state index is 0.0208. The largest absolute Gasteiger partial charge is 0.379 e. The van der Waals surface area contributed by atoms with Crippen LogP contribution in [0, 0.1) is 5.92 Å². The van der Waals surface area contributed by atoms with Crippen molar-refractivity contribution in [3.63, 3.8) is 0 Å². The molecule has 5 nitrogen and oxygen atoms in total. The van der Waals surface area contributed by atoms with Crippen LogP contribution in [0.4, 0.5) is 0 Å². The number of nitrogens with zero attached hydrogens (tertiary/aromatic N) is 1. The van der Waals surface area contributed by atoms with E-state index in [0.717, 1.165) is 44.0 Å². The Morgan fingerprint density at radius 2 is 1.70 bits per heavy atom. The number of rotatable bonds is 7. The highest BCUT2D eigenvalue weighted by molar-refractivity contribution is 5.79. The molecule has 1 aliphatic heterocycles. The SMILES string of the molecule is CC(C(=O)NCc1ccccc1CN1CCOCC1)C(N)c1ccccc1. The molecule has 2 aromatic rings. The molecule has 2 aromatic carbocycles. The number of ether oxygens (including phenoxy) is 1. The second-order valence-corrected chi connectivity index (χ2v) is 7.10. The van der Waals surface area contributed by atoms with Gasteiger partial charge in [0.25, 0.3) is 0 Å². The number of amides is 1. The topological polar surface area (TPSA) is 67.6 Å². The van der Waals surface area contributed by atoms with Crippen LogP contribution in [0.15, 0.2) is 54.6 Å². The molecule has 0 spiro atoms. The van der Waals surface area contributed by atoms with Crippen LogP contribution in [0.2, 0.25) is 0 Å².